The van der Waals surface area contributed by atoms with Crippen LogP contribution in [0, 0.1) is 11.3 Å². The van der Waals surface area contributed by atoms with Gasteiger partial charge in [-0.3, -0.25) is 14.5 Å². The molecule has 2 aromatic rings. The minimum atomic E-state index is -0.422. The van der Waals surface area contributed by atoms with E-state index in [9.17, 15) is 9.59 Å². The molecule has 0 atom stereocenters. The van der Waals surface area contributed by atoms with Crippen LogP contribution in [0.4, 0.5) is 17.2 Å². The first-order valence-electron chi connectivity index (χ1n) is 14.0. The minimum absolute atomic E-state index is 0.0790. The number of nitrogens with one attached hydrogen (secondary N) is 3. The summed E-state index contributed by atoms with van der Waals surface area (Å²) < 4.78 is 5.49. The minimum Gasteiger partial charge on any atom is -0.494 e. The Morgan fingerprint density at radius 3 is 2.10 bits per heavy atom. The molecule has 0 saturated carbocycles. The molecule has 0 radical (unpaired) electrons. The van der Waals surface area contributed by atoms with Crippen molar-refractivity contribution in [3.8, 4) is 5.75 Å². The van der Waals surface area contributed by atoms with Crippen molar-refractivity contribution in [3.63, 3.8) is 0 Å². The van der Waals surface area contributed by atoms with Crippen LogP contribution in [-0.4, -0.2) is 48.4 Å². The summed E-state index contributed by atoms with van der Waals surface area (Å²) in [6.07, 6.45) is 6.09. The smallest absolute Gasteiger partial charge is 0.273 e. The maximum atomic E-state index is 12.3. The van der Waals surface area contributed by atoms with E-state index in [1.165, 1.54) is 26.0 Å². The predicted octanol–water partition coefficient (Wildman–Crippen LogP) is 7.40. The molecule has 224 valence electrons. The van der Waals surface area contributed by atoms with Crippen LogP contribution in [0.25, 0.3) is 0 Å². The van der Waals surface area contributed by atoms with E-state index >= 15 is 0 Å². The lowest BCUT2D eigenvalue weighted by Gasteiger charge is -2.21. The van der Waals surface area contributed by atoms with Crippen molar-refractivity contribution in [1.29, 1.82) is 5.41 Å². The first kappa shape index (κ1) is 38.4. The second-order valence-corrected chi connectivity index (χ2v) is 9.06. The molecule has 40 heavy (non-hydrogen) atoms. The first-order chi connectivity index (χ1) is 19.0. The highest BCUT2D eigenvalue weighted by atomic mass is 16.5. The molecule has 0 fully saturated rings. The number of aromatic nitrogens is 2. The highest BCUT2D eigenvalue weighted by Crippen LogP contribution is 2.33. The van der Waals surface area contributed by atoms with Crippen molar-refractivity contribution in [2.45, 2.75) is 82.1 Å². The molecule has 0 bridgehead atoms. The van der Waals surface area contributed by atoms with Gasteiger partial charge in [-0.15, -0.1) is 10.2 Å². The molecule has 1 aromatic heterocycles. The van der Waals surface area contributed by atoms with Crippen LogP contribution in [0.15, 0.2) is 36.4 Å². The van der Waals surface area contributed by atoms with E-state index in [1.807, 2.05) is 27.7 Å². The number of para-hydroxylation sites is 1. The summed E-state index contributed by atoms with van der Waals surface area (Å²) in [5, 5.41) is 21.7. The molecule has 0 unspecified atom stereocenters. The SMILES string of the molecule is C/C=C/CC.CC.CC(C)C.CCCN(C(C)=O)c1cc(Nc2cccc(C(C)=N)c2OC)c(C(=O)NC)nn1. The van der Waals surface area contributed by atoms with Gasteiger partial charge in [-0.1, -0.05) is 66.7 Å². The molecule has 9 heteroatoms. The highest BCUT2D eigenvalue weighted by molar-refractivity contribution is 6.02. The van der Waals surface area contributed by atoms with Gasteiger partial charge >= 0.3 is 0 Å². The van der Waals surface area contributed by atoms with Crippen LogP contribution < -0.4 is 20.3 Å². The largest absolute Gasteiger partial charge is 0.494 e. The van der Waals surface area contributed by atoms with Crippen LogP contribution in [-0.2, 0) is 4.79 Å². The monoisotopic (exact) mass is 556 g/mol. The van der Waals surface area contributed by atoms with Crippen molar-refractivity contribution in [2.75, 3.05) is 30.9 Å². The standard InChI is InChI=1S/C20H26N6O3.C5H10.C4H10.C2H6/c1-6-10-26(13(3)27)17-11-16(18(25-24-17)20(28)22-4)23-15-9-7-8-14(12(2)21)19(15)29-5;1-3-5-4-2;1-4(2)3;1-2/h7-9,11,21H,6,10H2,1-5H3,(H,22,28)(H,23,24);3,5H,4H2,1-2H3;4H,1-3H3;1-2H3/b;5-3+;;. The molecule has 0 aliphatic heterocycles. The van der Waals surface area contributed by atoms with Gasteiger partial charge in [-0.05, 0) is 44.7 Å². The van der Waals surface area contributed by atoms with E-state index in [1.54, 1.807) is 31.2 Å². The number of nitrogens with zero attached hydrogens (tertiary/aromatic N) is 3. The molecule has 9 nitrogen and oxygen atoms in total. The summed E-state index contributed by atoms with van der Waals surface area (Å²) in [6, 6.07) is 6.94. The van der Waals surface area contributed by atoms with Gasteiger partial charge in [-0.25, -0.2) is 0 Å². The Hall–Kier alpha value is -3.75. The Kier molecular flexibility index (Phi) is 21.2. The number of amides is 2. The maximum absolute atomic E-state index is 12.3. The fraction of sp³-hybridized carbons (Fsp3) is 0.516. The number of hydrogen-bond acceptors (Lipinski definition) is 7. The number of ether oxygens (including phenoxy) is 1. The third-order valence-corrected chi connectivity index (χ3v) is 4.69. The number of carbonyl (C=O) groups excluding carboxylic acids is 2. The van der Waals surface area contributed by atoms with Crippen LogP contribution >= 0.6 is 0 Å². The van der Waals surface area contributed by atoms with E-state index in [-0.39, 0.29) is 11.6 Å². The first-order valence-corrected chi connectivity index (χ1v) is 14.0. The predicted molar refractivity (Wildman–Crippen MR) is 169 cm³/mol. The average Bonchev–Trinajstić information content (AvgIpc) is 2.92. The van der Waals surface area contributed by atoms with Gasteiger partial charge in [0, 0.05) is 37.9 Å². The second-order valence-electron chi connectivity index (χ2n) is 9.06. The van der Waals surface area contributed by atoms with Crippen molar-refractivity contribution in [2.24, 2.45) is 5.92 Å². The molecule has 0 aliphatic rings. The molecule has 0 aliphatic carbocycles. The Labute approximate surface area is 242 Å². The zero-order valence-electron chi connectivity index (χ0n) is 26.7. The Bertz CT molecular complexity index is 1060. The van der Waals surface area contributed by atoms with E-state index in [0.717, 1.165) is 18.8 Å². The summed E-state index contributed by atoms with van der Waals surface area (Å²) in [5.41, 5.74) is 1.98. The average molecular weight is 557 g/mol. The Morgan fingerprint density at radius 2 is 1.70 bits per heavy atom. The summed E-state index contributed by atoms with van der Waals surface area (Å²) in [7, 11) is 3.02. The lowest BCUT2D eigenvalue weighted by atomic mass is 10.1. The maximum Gasteiger partial charge on any atom is 0.273 e. The van der Waals surface area contributed by atoms with E-state index < -0.39 is 5.91 Å². The Balaban J connectivity index is 0. The van der Waals surface area contributed by atoms with E-state index in [4.69, 9.17) is 10.1 Å². The van der Waals surface area contributed by atoms with Gasteiger partial charge < -0.3 is 20.8 Å². The fourth-order valence-corrected chi connectivity index (χ4v) is 3.08. The number of anilines is 3. The number of rotatable bonds is 9. The van der Waals surface area contributed by atoms with Crippen LogP contribution in [0.5, 0.6) is 5.75 Å². The van der Waals surface area contributed by atoms with Gasteiger partial charge in [0.2, 0.25) is 5.91 Å². The molecule has 3 N–H and O–H groups in total. The third kappa shape index (κ3) is 13.9. The molecule has 1 heterocycles. The number of carbonyl (C=O) groups is 2. The molecule has 0 spiro atoms. The van der Waals surface area contributed by atoms with Crippen LogP contribution in [0.1, 0.15) is 98.1 Å². The van der Waals surface area contributed by atoms with Gasteiger partial charge in [0.05, 0.1) is 18.5 Å². The number of allylic oxidation sites excluding steroid dienone is 2. The molecule has 0 saturated heterocycles. The third-order valence-electron chi connectivity index (χ3n) is 4.69. The lowest BCUT2D eigenvalue weighted by Crippen LogP contribution is -2.31. The van der Waals surface area contributed by atoms with Crippen LogP contribution in [0.3, 0.4) is 0 Å². The van der Waals surface area contributed by atoms with Gasteiger partial charge in [0.25, 0.3) is 5.91 Å². The number of methoxy groups -OCH3 is 1. The van der Waals surface area contributed by atoms with Gasteiger partial charge in [-0.2, -0.15) is 0 Å². The zero-order valence-corrected chi connectivity index (χ0v) is 26.7. The summed E-state index contributed by atoms with van der Waals surface area (Å²) in [5.74, 6) is 1.06. The quantitative estimate of drug-likeness (QED) is 0.219. The summed E-state index contributed by atoms with van der Waals surface area (Å²) >= 11 is 0. The van der Waals surface area contributed by atoms with Gasteiger partial charge in [0.15, 0.2) is 17.3 Å². The van der Waals surface area contributed by atoms with Crippen molar-refractivity contribution in [3.05, 3.63) is 47.7 Å². The van der Waals surface area contributed by atoms with Crippen LogP contribution in [0.2, 0.25) is 0 Å². The lowest BCUT2D eigenvalue weighted by molar-refractivity contribution is -0.116. The van der Waals surface area contributed by atoms with Crippen molar-refractivity contribution >= 4 is 34.7 Å². The number of hydrogen-bond donors (Lipinski definition) is 3. The summed E-state index contributed by atoms with van der Waals surface area (Å²) in [4.78, 5) is 25.8. The topological polar surface area (TPSA) is 120 Å². The van der Waals surface area contributed by atoms with E-state index in [2.05, 4.69) is 60.7 Å². The molecule has 1 aromatic carbocycles. The van der Waals surface area contributed by atoms with Gasteiger partial charge in [0.1, 0.15) is 0 Å². The molecular weight excluding hydrogens is 504 g/mol. The zero-order chi connectivity index (χ0) is 31.3. The molecular formula is C31H52N6O3. The van der Waals surface area contributed by atoms with Crippen molar-refractivity contribution in [1.82, 2.24) is 15.5 Å². The van der Waals surface area contributed by atoms with Crippen molar-refractivity contribution < 1.29 is 14.3 Å². The molecule has 2 rings (SSSR count). The second kappa shape index (κ2) is 22.1. The van der Waals surface area contributed by atoms with E-state index in [0.29, 0.717) is 40.8 Å². The molecule has 2 amide bonds. The number of benzene rings is 1. The summed E-state index contributed by atoms with van der Waals surface area (Å²) in [6.45, 7) is 20.2. The normalized spacial score (nSPS) is 9.72. The Morgan fingerprint density at radius 1 is 1.10 bits per heavy atom. The highest BCUT2D eigenvalue weighted by Gasteiger charge is 2.20. The fourth-order valence-electron chi connectivity index (χ4n) is 3.08.